The molecule has 0 aromatic heterocycles. The maximum absolute atomic E-state index is 12.7. The van der Waals surface area contributed by atoms with Crippen molar-refractivity contribution in [1.29, 1.82) is 0 Å². The summed E-state index contributed by atoms with van der Waals surface area (Å²) in [6, 6.07) is 0. The van der Waals surface area contributed by atoms with E-state index in [2.05, 4.69) is 62.5 Å². The molecule has 0 aliphatic rings. The van der Waals surface area contributed by atoms with Crippen LogP contribution >= 0.6 is 7.82 Å². The molecule has 0 saturated heterocycles. The third-order valence-corrected chi connectivity index (χ3v) is 10.8. The minimum atomic E-state index is -4.28. The molecule has 0 fully saturated rings. The number of unbranched alkanes of at least 4 members (excludes halogenated alkanes) is 21. The van der Waals surface area contributed by atoms with Crippen molar-refractivity contribution in [3.8, 4) is 0 Å². The zero-order valence-corrected chi connectivity index (χ0v) is 38.7. The van der Waals surface area contributed by atoms with Gasteiger partial charge in [-0.15, -0.1) is 0 Å². The summed E-state index contributed by atoms with van der Waals surface area (Å²) in [7, 11) is 1.65. The smallest absolute Gasteiger partial charge is 0.457 e. The number of allylic oxidation sites excluding steroid dienone is 8. The van der Waals surface area contributed by atoms with Gasteiger partial charge in [-0.05, 0) is 77.0 Å². The standard InChI is InChI=1S/C48H90NO7P/c1-6-8-10-12-14-16-18-20-21-22-23-24-25-26-27-28-30-32-34-36-38-40-43-53-45-47(46-55-57(51,52)54-44-42-49(3,4)5)56-48(50)41-39-37-35-33-31-29-19-17-15-13-11-9-7-2/h17-20,22-23,25-26,47H,6-16,21,24,27-46H2,1-5H3/p+1/b19-17-,20-18-,23-22-,26-25-. The minimum Gasteiger partial charge on any atom is -0.457 e. The topological polar surface area (TPSA) is 91.3 Å². The SMILES string of the molecule is CCCCCC/C=C\CCCCCCCC(=O)OC(COCCCCCCCCC/C=C\C/C=C\C/C=C\CCCCCCC)COP(=O)(O)OCC[N+](C)(C)C. The first-order valence-corrected chi connectivity index (χ1v) is 24.9. The molecule has 0 aliphatic carbocycles. The predicted molar refractivity (Wildman–Crippen MR) is 243 cm³/mol. The number of ether oxygens (including phenoxy) is 2. The fourth-order valence-corrected chi connectivity index (χ4v) is 6.94. The van der Waals surface area contributed by atoms with Gasteiger partial charge in [0.25, 0.3) is 0 Å². The second kappa shape index (κ2) is 41.2. The number of likely N-dealkylation sites (N-methyl/N-ethyl adjacent to an activating group) is 1. The molecule has 0 bridgehead atoms. The second-order valence-electron chi connectivity index (χ2n) is 16.8. The number of phosphoric acid groups is 1. The van der Waals surface area contributed by atoms with E-state index in [0.717, 1.165) is 64.2 Å². The predicted octanol–water partition coefficient (Wildman–Crippen LogP) is 13.9. The van der Waals surface area contributed by atoms with Crippen LogP contribution in [-0.4, -0.2) is 75.6 Å². The van der Waals surface area contributed by atoms with Crippen LogP contribution in [0.25, 0.3) is 0 Å². The van der Waals surface area contributed by atoms with E-state index in [1.807, 2.05) is 21.1 Å². The van der Waals surface area contributed by atoms with Gasteiger partial charge in [0.15, 0.2) is 0 Å². The van der Waals surface area contributed by atoms with E-state index in [1.165, 1.54) is 109 Å². The molecule has 1 N–H and O–H groups in total. The Balaban J connectivity index is 4.20. The van der Waals surface area contributed by atoms with Crippen LogP contribution in [0.5, 0.6) is 0 Å². The first-order valence-electron chi connectivity index (χ1n) is 23.4. The summed E-state index contributed by atoms with van der Waals surface area (Å²) in [5.74, 6) is -0.328. The second-order valence-corrected chi connectivity index (χ2v) is 18.2. The molecule has 0 aromatic rings. The van der Waals surface area contributed by atoms with E-state index in [1.54, 1.807) is 0 Å². The van der Waals surface area contributed by atoms with E-state index in [-0.39, 0.29) is 25.8 Å². The van der Waals surface area contributed by atoms with Crippen molar-refractivity contribution in [2.24, 2.45) is 0 Å². The fraction of sp³-hybridized carbons (Fsp3) is 0.812. The molecular weight excluding hydrogens is 734 g/mol. The molecule has 8 nitrogen and oxygen atoms in total. The van der Waals surface area contributed by atoms with Crippen molar-refractivity contribution in [3.05, 3.63) is 48.6 Å². The van der Waals surface area contributed by atoms with Gasteiger partial charge in [0.05, 0.1) is 34.4 Å². The molecular formula is C48H91NO7P+. The van der Waals surface area contributed by atoms with E-state index in [4.69, 9.17) is 18.5 Å². The first kappa shape index (κ1) is 55.5. The number of phosphoric ester groups is 1. The van der Waals surface area contributed by atoms with Crippen molar-refractivity contribution in [2.75, 3.05) is 54.1 Å². The van der Waals surface area contributed by atoms with Gasteiger partial charge in [0, 0.05) is 13.0 Å². The van der Waals surface area contributed by atoms with Crippen molar-refractivity contribution in [1.82, 2.24) is 0 Å². The Morgan fingerprint density at radius 1 is 0.544 bits per heavy atom. The lowest BCUT2D eigenvalue weighted by molar-refractivity contribution is -0.870. The number of hydrogen-bond acceptors (Lipinski definition) is 6. The first-order chi connectivity index (χ1) is 27.6. The molecule has 57 heavy (non-hydrogen) atoms. The number of carbonyl (C=O) groups excluding carboxylic acids is 1. The van der Waals surface area contributed by atoms with Gasteiger partial charge in [-0.3, -0.25) is 13.8 Å². The number of esters is 1. The van der Waals surface area contributed by atoms with E-state index in [9.17, 15) is 14.3 Å². The molecule has 0 aromatic carbocycles. The highest BCUT2D eigenvalue weighted by Crippen LogP contribution is 2.43. The highest BCUT2D eigenvalue weighted by Gasteiger charge is 2.26. The normalized spacial score (nSPS) is 14.1. The lowest BCUT2D eigenvalue weighted by atomic mass is 10.1. The zero-order valence-electron chi connectivity index (χ0n) is 37.8. The van der Waals surface area contributed by atoms with Crippen LogP contribution in [-0.2, 0) is 27.9 Å². The van der Waals surface area contributed by atoms with Crippen LogP contribution in [0, 0.1) is 0 Å². The Morgan fingerprint density at radius 3 is 1.47 bits per heavy atom. The Morgan fingerprint density at radius 2 is 0.965 bits per heavy atom. The summed E-state index contributed by atoms with van der Waals surface area (Å²) in [6.07, 6.45) is 50.0. The maximum atomic E-state index is 12.7. The van der Waals surface area contributed by atoms with Gasteiger partial charge in [-0.2, -0.15) is 0 Å². The van der Waals surface area contributed by atoms with Crippen molar-refractivity contribution >= 4 is 13.8 Å². The lowest BCUT2D eigenvalue weighted by Gasteiger charge is -2.24. The van der Waals surface area contributed by atoms with E-state index >= 15 is 0 Å². The quantitative estimate of drug-likeness (QED) is 0.0215. The molecule has 2 atom stereocenters. The molecule has 0 amide bonds. The molecule has 0 radical (unpaired) electrons. The number of nitrogens with zero attached hydrogens (tertiary/aromatic N) is 1. The van der Waals surface area contributed by atoms with Crippen molar-refractivity contribution in [3.63, 3.8) is 0 Å². The van der Waals surface area contributed by atoms with E-state index < -0.39 is 13.9 Å². The summed E-state index contributed by atoms with van der Waals surface area (Å²) >= 11 is 0. The van der Waals surface area contributed by atoms with Crippen LogP contribution in [0.1, 0.15) is 194 Å². The van der Waals surface area contributed by atoms with Crippen LogP contribution in [0.15, 0.2) is 48.6 Å². The van der Waals surface area contributed by atoms with Gasteiger partial charge in [-0.25, -0.2) is 4.57 Å². The van der Waals surface area contributed by atoms with Crippen LogP contribution in [0.2, 0.25) is 0 Å². The molecule has 0 saturated carbocycles. The molecule has 0 heterocycles. The van der Waals surface area contributed by atoms with Gasteiger partial charge in [0.2, 0.25) is 0 Å². The summed E-state index contributed by atoms with van der Waals surface area (Å²) < 4.78 is 35.0. The highest BCUT2D eigenvalue weighted by atomic mass is 31.2. The van der Waals surface area contributed by atoms with Crippen LogP contribution in [0.3, 0.4) is 0 Å². The number of quaternary nitrogens is 1. The maximum Gasteiger partial charge on any atom is 0.472 e. The minimum absolute atomic E-state index is 0.0836. The summed E-state index contributed by atoms with van der Waals surface area (Å²) in [4.78, 5) is 22.9. The molecule has 0 spiro atoms. The largest absolute Gasteiger partial charge is 0.472 e. The Kier molecular flexibility index (Phi) is 40.1. The summed E-state index contributed by atoms with van der Waals surface area (Å²) in [5, 5.41) is 0. The fourth-order valence-electron chi connectivity index (χ4n) is 6.20. The van der Waals surface area contributed by atoms with Gasteiger partial charge in [-0.1, -0.05) is 159 Å². The molecule has 0 aliphatic heterocycles. The monoisotopic (exact) mass is 825 g/mol. The highest BCUT2D eigenvalue weighted by molar-refractivity contribution is 7.47. The lowest BCUT2D eigenvalue weighted by Crippen LogP contribution is -2.37. The number of rotatable bonds is 43. The van der Waals surface area contributed by atoms with Crippen LogP contribution in [0.4, 0.5) is 0 Å². The molecule has 334 valence electrons. The van der Waals surface area contributed by atoms with Crippen molar-refractivity contribution < 1.29 is 37.3 Å². The van der Waals surface area contributed by atoms with Crippen LogP contribution < -0.4 is 0 Å². The summed E-state index contributed by atoms with van der Waals surface area (Å²) in [5.41, 5.74) is 0. The Hall–Kier alpha value is -1.54. The zero-order chi connectivity index (χ0) is 42.0. The molecule has 2 unspecified atom stereocenters. The molecule has 9 heteroatoms. The third kappa shape index (κ3) is 45.4. The van der Waals surface area contributed by atoms with Gasteiger partial charge in [0.1, 0.15) is 19.3 Å². The molecule has 0 rings (SSSR count). The average Bonchev–Trinajstić information content (AvgIpc) is 3.16. The van der Waals surface area contributed by atoms with E-state index in [0.29, 0.717) is 24.1 Å². The third-order valence-electron chi connectivity index (χ3n) is 9.86. The number of hydrogen-bond donors (Lipinski definition) is 1. The average molecular weight is 825 g/mol. The Bertz CT molecular complexity index is 1050. The van der Waals surface area contributed by atoms with Crippen molar-refractivity contribution in [2.45, 2.75) is 200 Å². The van der Waals surface area contributed by atoms with Gasteiger partial charge < -0.3 is 18.9 Å². The summed E-state index contributed by atoms with van der Waals surface area (Å²) in [6.45, 7) is 5.56. The van der Waals surface area contributed by atoms with Gasteiger partial charge >= 0.3 is 13.8 Å². The number of carbonyl (C=O) groups is 1. The Labute approximate surface area is 352 Å².